The van der Waals surface area contributed by atoms with Gasteiger partial charge in [-0.25, -0.2) is 0 Å². The highest BCUT2D eigenvalue weighted by Crippen LogP contribution is 2.28. The number of carbonyl (C=O) groups is 1. The predicted octanol–water partition coefficient (Wildman–Crippen LogP) is 4.49. The molecule has 2 N–H and O–H groups in total. The topological polar surface area (TPSA) is 50.4 Å². The van der Waals surface area contributed by atoms with E-state index < -0.39 is 0 Å². The first kappa shape index (κ1) is 17.9. The van der Waals surface area contributed by atoms with Crippen LogP contribution in [0.25, 0.3) is 0 Å². The summed E-state index contributed by atoms with van der Waals surface area (Å²) in [5.74, 6) is 1.01. The standard InChI is InChI=1S/C20H26N2O2/c1-13(2)16-8-6-7-15(4)20(16)22-19(23)12-21-17-11-14(3)9-10-18(17)24-5/h6-11,13,21H,12H2,1-5H3,(H,22,23). The number of amides is 1. The third kappa shape index (κ3) is 4.28. The van der Waals surface area contributed by atoms with Crippen molar-refractivity contribution in [3.8, 4) is 5.75 Å². The Morgan fingerprint density at radius 3 is 2.58 bits per heavy atom. The zero-order valence-corrected chi connectivity index (χ0v) is 15.1. The molecule has 0 aliphatic carbocycles. The van der Waals surface area contributed by atoms with Crippen molar-refractivity contribution in [2.45, 2.75) is 33.6 Å². The number of hydrogen-bond donors (Lipinski definition) is 2. The van der Waals surface area contributed by atoms with Crippen LogP contribution in [0, 0.1) is 13.8 Å². The van der Waals surface area contributed by atoms with Gasteiger partial charge >= 0.3 is 0 Å². The van der Waals surface area contributed by atoms with E-state index in [9.17, 15) is 4.79 Å². The summed E-state index contributed by atoms with van der Waals surface area (Å²) in [6.07, 6.45) is 0. The quantitative estimate of drug-likeness (QED) is 0.822. The molecule has 4 heteroatoms. The molecule has 0 heterocycles. The van der Waals surface area contributed by atoms with Crippen LogP contribution in [-0.4, -0.2) is 19.6 Å². The number of rotatable bonds is 6. The van der Waals surface area contributed by atoms with Crippen molar-refractivity contribution in [2.24, 2.45) is 0 Å². The first-order chi connectivity index (χ1) is 11.4. The van der Waals surface area contributed by atoms with Crippen molar-refractivity contribution in [3.05, 3.63) is 53.1 Å². The zero-order chi connectivity index (χ0) is 17.7. The van der Waals surface area contributed by atoms with E-state index in [1.165, 1.54) is 0 Å². The molecule has 24 heavy (non-hydrogen) atoms. The van der Waals surface area contributed by atoms with Gasteiger partial charge in [-0.1, -0.05) is 38.1 Å². The number of nitrogens with one attached hydrogen (secondary N) is 2. The Kier molecular flexibility index (Phi) is 5.85. The highest BCUT2D eigenvalue weighted by molar-refractivity contribution is 5.95. The lowest BCUT2D eigenvalue weighted by Crippen LogP contribution is -2.23. The number of aryl methyl sites for hydroxylation is 2. The van der Waals surface area contributed by atoms with E-state index in [1.807, 2.05) is 44.2 Å². The van der Waals surface area contributed by atoms with Gasteiger partial charge in [-0.2, -0.15) is 0 Å². The van der Waals surface area contributed by atoms with E-state index in [1.54, 1.807) is 7.11 Å². The molecular weight excluding hydrogens is 300 g/mol. The SMILES string of the molecule is COc1ccc(C)cc1NCC(=O)Nc1c(C)cccc1C(C)C. The summed E-state index contributed by atoms with van der Waals surface area (Å²) in [5.41, 5.74) is 5.07. The van der Waals surface area contributed by atoms with Crippen LogP contribution in [0.4, 0.5) is 11.4 Å². The second-order valence-corrected chi connectivity index (χ2v) is 6.30. The van der Waals surface area contributed by atoms with Crippen LogP contribution in [-0.2, 0) is 4.79 Å². The van der Waals surface area contributed by atoms with Gasteiger partial charge in [0.15, 0.2) is 0 Å². The smallest absolute Gasteiger partial charge is 0.243 e. The van der Waals surface area contributed by atoms with Gasteiger partial charge in [0.25, 0.3) is 0 Å². The molecule has 0 saturated carbocycles. The molecule has 1 amide bonds. The van der Waals surface area contributed by atoms with Gasteiger partial charge in [0.1, 0.15) is 5.75 Å². The lowest BCUT2D eigenvalue weighted by Gasteiger charge is -2.17. The van der Waals surface area contributed by atoms with Crippen LogP contribution in [0.3, 0.4) is 0 Å². The van der Waals surface area contributed by atoms with Crippen molar-refractivity contribution in [2.75, 3.05) is 24.3 Å². The van der Waals surface area contributed by atoms with Crippen molar-refractivity contribution >= 4 is 17.3 Å². The Bertz CT molecular complexity index is 724. The number of anilines is 2. The molecular formula is C20H26N2O2. The van der Waals surface area contributed by atoms with Gasteiger partial charge in [-0.15, -0.1) is 0 Å². The first-order valence-electron chi connectivity index (χ1n) is 8.20. The summed E-state index contributed by atoms with van der Waals surface area (Å²) >= 11 is 0. The minimum atomic E-state index is -0.0743. The van der Waals surface area contributed by atoms with Crippen LogP contribution in [0.2, 0.25) is 0 Å². The van der Waals surface area contributed by atoms with Crippen LogP contribution in [0.15, 0.2) is 36.4 Å². The zero-order valence-electron chi connectivity index (χ0n) is 15.1. The van der Waals surface area contributed by atoms with Gasteiger partial charge < -0.3 is 15.4 Å². The van der Waals surface area contributed by atoms with Crippen molar-refractivity contribution < 1.29 is 9.53 Å². The second kappa shape index (κ2) is 7.86. The van der Waals surface area contributed by atoms with E-state index in [0.717, 1.165) is 33.8 Å². The Morgan fingerprint density at radius 2 is 1.92 bits per heavy atom. The van der Waals surface area contributed by atoms with E-state index in [4.69, 9.17) is 4.74 Å². The Labute approximate surface area is 144 Å². The van der Waals surface area contributed by atoms with E-state index >= 15 is 0 Å². The number of para-hydroxylation sites is 1. The minimum absolute atomic E-state index is 0.0743. The van der Waals surface area contributed by atoms with Gasteiger partial charge in [-0.3, -0.25) is 4.79 Å². The number of carbonyl (C=O) groups excluding carboxylic acids is 1. The molecule has 0 saturated heterocycles. The van der Waals surface area contributed by atoms with Crippen LogP contribution >= 0.6 is 0 Å². The Hall–Kier alpha value is -2.49. The summed E-state index contributed by atoms with van der Waals surface area (Å²) < 4.78 is 5.33. The highest BCUT2D eigenvalue weighted by atomic mass is 16.5. The third-order valence-corrected chi connectivity index (χ3v) is 3.99. The van der Waals surface area contributed by atoms with Crippen LogP contribution in [0.5, 0.6) is 5.75 Å². The monoisotopic (exact) mass is 326 g/mol. The largest absolute Gasteiger partial charge is 0.495 e. The molecule has 2 rings (SSSR count). The van der Waals surface area contributed by atoms with Crippen molar-refractivity contribution in [3.63, 3.8) is 0 Å². The molecule has 0 bridgehead atoms. The van der Waals surface area contributed by atoms with E-state index in [0.29, 0.717) is 5.92 Å². The number of ether oxygens (including phenoxy) is 1. The maximum Gasteiger partial charge on any atom is 0.243 e. The summed E-state index contributed by atoms with van der Waals surface area (Å²) in [6, 6.07) is 11.9. The number of methoxy groups -OCH3 is 1. The Balaban J connectivity index is 2.09. The molecule has 0 aliphatic rings. The van der Waals surface area contributed by atoms with Gasteiger partial charge in [0.2, 0.25) is 5.91 Å². The Morgan fingerprint density at radius 1 is 1.17 bits per heavy atom. The maximum atomic E-state index is 12.4. The lowest BCUT2D eigenvalue weighted by atomic mass is 9.98. The average Bonchev–Trinajstić information content (AvgIpc) is 2.54. The van der Waals surface area contributed by atoms with Crippen molar-refractivity contribution in [1.82, 2.24) is 0 Å². The lowest BCUT2D eigenvalue weighted by molar-refractivity contribution is -0.114. The van der Waals surface area contributed by atoms with Crippen LogP contribution in [0.1, 0.15) is 36.5 Å². The molecule has 0 fully saturated rings. The molecule has 0 atom stereocenters. The van der Waals surface area contributed by atoms with Crippen LogP contribution < -0.4 is 15.4 Å². The first-order valence-corrected chi connectivity index (χ1v) is 8.20. The van der Waals surface area contributed by atoms with Gasteiger partial charge in [0.05, 0.1) is 19.3 Å². The average molecular weight is 326 g/mol. The minimum Gasteiger partial charge on any atom is -0.495 e. The fourth-order valence-electron chi connectivity index (χ4n) is 2.66. The summed E-state index contributed by atoms with van der Waals surface area (Å²) in [5, 5.41) is 6.20. The number of benzene rings is 2. The maximum absolute atomic E-state index is 12.4. The van der Waals surface area contributed by atoms with Gasteiger partial charge in [-0.05, 0) is 48.6 Å². The van der Waals surface area contributed by atoms with E-state index in [2.05, 4.69) is 30.5 Å². The highest BCUT2D eigenvalue weighted by Gasteiger charge is 2.12. The van der Waals surface area contributed by atoms with Crippen molar-refractivity contribution in [1.29, 1.82) is 0 Å². The predicted molar refractivity (Wildman–Crippen MR) is 100 cm³/mol. The molecule has 4 nitrogen and oxygen atoms in total. The van der Waals surface area contributed by atoms with Gasteiger partial charge in [0, 0.05) is 5.69 Å². The van der Waals surface area contributed by atoms with E-state index in [-0.39, 0.29) is 12.5 Å². The normalized spacial score (nSPS) is 10.6. The second-order valence-electron chi connectivity index (χ2n) is 6.30. The summed E-state index contributed by atoms with van der Waals surface area (Å²) in [7, 11) is 1.62. The molecule has 0 aromatic heterocycles. The fraction of sp³-hybridized carbons (Fsp3) is 0.350. The third-order valence-electron chi connectivity index (χ3n) is 3.99. The molecule has 0 aliphatic heterocycles. The molecule has 0 spiro atoms. The molecule has 2 aromatic rings. The molecule has 0 unspecified atom stereocenters. The number of hydrogen-bond acceptors (Lipinski definition) is 3. The summed E-state index contributed by atoms with van der Waals surface area (Å²) in [6.45, 7) is 8.46. The summed E-state index contributed by atoms with van der Waals surface area (Å²) in [4.78, 5) is 12.4. The molecule has 2 aromatic carbocycles. The molecule has 0 radical (unpaired) electrons. The molecule has 128 valence electrons. The fourth-order valence-corrected chi connectivity index (χ4v) is 2.66.